The van der Waals surface area contributed by atoms with Gasteiger partial charge in [0.25, 0.3) is 0 Å². The molecule has 1 aliphatic heterocycles. The normalized spacial score (nSPS) is 17.7. The van der Waals surface area contributed by atoms with Gasteiger partial charge in [0.1, 0.15) is 5.25 Å². The lowest BCUT2D eigenvalue weighted by Crippen LogP contribution is -2.45. The Labute approximate surface area is 130 Å². The lowest BCUT2D eigenvalue weighted by atomic mass is 10.0. The molecule has 1 amide bonds. The first-order valence-electron chi connectivity index (χ1n) is 7.26. The maximum Gasteiger partial charge on any atom is 0.245 e. The third kappa shape index (κ3) is 3.48. The van der Waals surface area contributed by atoms with Crippen molar-refractivity contribution in [2.24, 2.45) is 0 Å². The number of aryl methyl sites for hydroxylation is 1. The zero-order chi connectivity index (χ0) is 16.3. The molecule has 22 heavy (non-hydrogen) atoms. The lowest BCUT2D eigenvalue weighted by Gasteiger charge is -2.31. The SMILES string of the molecule is C[C@H](C(=O)N1CCCc2ccccc21)S(=O)(=O)C[C@@H](O)CO. The highest BCUT2D eigenvalue weighted by atomic mass is 32.2. The first-order valence-corrected chi connectivity index (χ1v) is 8.98. The number of carbonyl (C=O) groups excluding carboxylic acids is 1. The van der Waals surface area contributed by atoms with Crippen LogP contribution in [0.5, 0.6) is 0 Å². The molecular formula is C15H21NO5S. The van der Waals surface area contributed by atoms with Crippen LogP contribution in [0.1, 0.15) is 18.9 Å². The summed E-state index contributed by atoms with van der Waals surface area (Å²) in [6, 6.07) is 7.46. The summed E-state index contributed by atoms with van der Waals surface area (Å²) < 4.78 is 24.4. The smallest absolute Gasteiger partial charge is 0.245 e. The molecule has 0 spiro atoms. The summed E-state index contributed by atoms with van der Waals surface area (Å²) in [5, 5.41) is 16.9. The van der Waals surface area contributed by atoms with E-state index in [9.17, 15) is 18.3 Å². The second-order valence-electron chi connectivity index (χ2n) is 5.53. The number of benzene rings is 1. The first-order chi connectivity index (χ1) is 10.4. The third-order valence-corrected chi connectivity index (χ3v) is 6.03. The molecule has 2 rings (SSSR count). The molecule has 0 bridgehead atoms. The first kappa shape index (κ1) is 16.9. The standard InChI is InChI=1S/C15H21NO5S/c1-11(22(20,21)10-13(18)9-17)15(19)16-8-4-6-12-5-2-3-7-14(12)16/h2-3,5,7,11,13,17-18H,4,6,8-10H2,1H3/t11-,13+/m1/s1. The number of carbonyl (C=O) groups is 1. The number of hydrogen-bond acceptors (Lipinski definition) is 5. The van der Waals surface area contributed by atoms with Crippen LogP contribution in [0.2, 0.25) is 0 Å². The molecule has 1 aliphatic rings. The van der Waals surface area contributed by atoms with E-state index in [1.165, 1.54) is 11.8 Å². The summed E-state index contributed by atoms with van der Waals surface area (Å²) in [5.41, 5.74) is 1.78. The molecule has 6 nitrogen and oxygen atoms in total. The Morgan fingerprint density at radius 3 is 2.73 bits per heavy atom. The van der Waals surface area contributed by atoms with E-state index in [4.69, 9.17) is 5.11 Å². The summed E-state index contributed by atoms with van der Waals surface area (Å²) >= 11 is 0. The van der Waals surface area contributed by atoms with Crippen LogP contribution in [0, 0.1) is 0 Å². The monoisotopic (exact) mass is 327 g/mol. The molecule has 2 atom stereocenters. The summed E-state index contributed by atoms with van der Waals surface area (Å²) in [4.78, 5) is 14.1. The van der Waals surface area contributed by atoms with Gasteiger partial charge >= 0.3 is 0 Å². The molecule has 0 unspecified atom stereocenters. The van der Waals surface area contributed by atoms with Crippen molar-refractivity contribution in [2.75, 3.05) is 23.8 Å². The van der Waals surface area contributed by atoms with Crippen LogP contribution in [0.4, 0.5) is 5.69 Å². The molecule has 0 aromatic heterocycles. The Balaban J connectivity index is 2.22. The van der Waals surface area contributed by atoms with E-state index in [0.29, 0.717) is 6.54 Å². The number of anilines is 1. The Kier molecular flexibility index (Phi) is 5.20. The molecular weight excluding hydrogens is 306 g/mol. The molecule has 0 fully saturated rings. The number of hydrogen-bond donors (Lipinski definition) is 2. The maximum atomic E-state index is 12.6. The van der Waals surface area contributed by atoms with E-state index in [-0.39, 0.29) is 0 Å². The second-order valence-corrected chi connectivity index (χ2v) is 7.90. The van der Waals surface area contributed by atoms with Gasteiger partial charge in [-0.2, -0.15) is 0 Å². The largest absolute Gasteiger partial charge is 0.394 e. The van der Waals surface area contributed by atoms with Gasteiger partial charge < -0.3 is 15.1 Å². The summed E-state index contributed by atoms with van der Waals surface area (Å²) in [7, 11) is -3.82. The highest BCUT2D eigenvalue weighted by Crippen LogP contribution is 2.28. The van der Waals surface area contributed by atoms with Crippen molar-refractivity contribution in [1.29, 1.82) is 0 Å². The molecule has 1 aromatic rings. The van der Waals surface area contributed by atoms with Crippen LogP contribution >= 0.6 is 0 Å². The fourth-order valence-corrected chi connectivity index (χ4v) is 3.97. The van der Waals surface area contributed by atoms with Crippen molar-refractivity contribution in [2.45, 2.75) is 31.1 Å². The van der Waals surface area contributed by atoms with E-state index >= 15 is 0 Å². The molecule has 0 saturated heterocycles. The molecule has 0 aliphatic carbocycles. The van der Waals surface area contributed by atoms with Crippen molar-refractivity contribution in [3.05, 3.63) is 29.8 Å². The van der Waals surface area contributed by atoms with Gasteiger partial charge in [-0.1, -0.05) is 18.2 Å². The van der Waals surface area contributed by atoms with Gasteiger partial charge in [-0.3, -0.25) is 4.79 Å². The summed E-state index contributed by atoms with van der Waals surface area (Å²) in [6.45, 7) is 1.17. The number of amides is 1. The minimum absolute atomic E-state index is 0.484. The number of para-hydroxylation sites is 1. The Bertz CT molecular complexity index is 643. The van der Waals surface area contributed by atoms with Gasteiger partial charge in [-0.25, -0.2) is 8.42 Å². The maximum absolute atomic E-state index is 12.6. The molecule has 2 N–H and O–H groups in total. The van der Waals surface area contributed by atoms with Gasteiger partial charge in [-0.15, -0.1) is 0 Å². The molecule has 1 heterocycles. The highest BCUT2D eigenvalue weighted by molar-refractivity contribution is 7.92. The zero-order valence-corrected chi connectivity index (χ0v) is 13.3. The van der Waals surface area contributed by atoms with Gasteiger partial charge in [-0.05, 0) is 31.4 Å². The van der Waals surface area contributed by atoms with Crippen LogP contribution in [0.3, 0.4) is 0 Å². The fraction of sp³-hybridized carbons (Fsp3) is 0.533. The van der Waals surface area contributed by atoms with Crippen molar-refractivity contribution in [3.63, 3.8) is 0 Å². The Morgan fingerprint density at radius 1 is 1.36 bits per heavy atom. The van der Waals surface area contributed by atoms with Crippen LogP contribution < -0.4 is 4.90 Å². The zero-order valence-electron chi connectivity index (χ0n) is 12.5. The van der Waals surface area contributed by atoms with Gasteiger partial charge in [0.05, 0.1) is 18.5 Å². The minimum Gasteiger partial charge on any atom is -0.394 e. The van der Waals surface area contributed by atoms with Gasteiger partial charge in [0.2, 0.25) is 5.91 Å². The van der Waals surface area contributed by atoms with Crippen LogP contribution in [-0.2, 0) is 21.1 Å². The molecule has 7 heteroatoms. The minimum atomic E-state index is -3.82. The van der Waals surface area contributed by atoms with E-state index in [2.05, 4.69) is 0 Å². The predicted molar refractivity (Wildman–Crippen MR) is 83.5 cm³/mol. The molecule has 0 saturated carbocycles. The summed E-state index contributed by atoms with van der Waals surface area (Å²) in [5.74, 6) is -1.11. The molecule has 122 valence electrons. The van der Waals surface area contributed by atoms with Crippen molar-refractivity contribution in [1.82, 2.24) is 0 Å². The fourth-order valence-electron chi connectivity index (χ4n) is 2.60. The van der Waals surface area contributed by atoms with Crippen molar-refractivity contribution >= 4 is 21.4 Å². The number of aliphatic hydroxyl groups excluding tert-OH is 2. The van der Waals surface area contributed by atoms with Crippen molar-refractivity contribution < 1.29 is 23.4 Å². The molecule has 0 radical (unpaired) electrons. The predicted octanol–water partition coefficient (Wildman–Crippen LogP) is 0.122. The summed E-state index contributed by atoms with van der Waals surface area (Å²) in [6.07, 6.45) is 0.285. The molecule has 1 aromatic carbocycles. The van der Waals surface area contributed by atoms with E-state index in [1.807, 2.05) is 24.3 Å². The number of aliphatic hydroxyl groups is 2. The average molecular weight is 327 g/mol. The number of sulfone groups is 1. The second kappa shape index (κ2) is 6.76. The van der Waals surface area contributed by atoms with Gasteiger partial charge in [0.15, 0.2) is 9.84 Å². The number of fused-ring (bicyclic) bond motifs is 1. The van der Waals surface area contributed by atoms with E-state index in [1.54, 1.807) is 0 Å². The topological polar surface area (TPSA) is 94.9 Å². The highest BCUT2D eigenvalue weighted by Gasteiger charge is 2.35. The van der Waals surface area contributed by atoms with E-state index < -0.39 is 39.5 Å². The third-order valence-electron chi connectivity index (χ3n) is 3.90. The van der Waals surface area contributed by atoms with Crippen LogP contribution in [-0.4, -0.2) is 54.8 Å². The van der Waals surface area contributed by atoms with Gasteiger partial charge in [0, 0.05) is 12.2 Å². The Hall–Kier alpha value is -1.44. The van der Waals surface area contributed by atoms with Crippen LogP contribution in [0.25, 0.3) is 0 Å². The number of nitrogens with zero attached hydrogens (tertiary/aromatic N) is 1. The lowest BCUT2D eigenvalue weighted by molar-refractivity contribution is -0.118. The Morgan fingerprint density at radius 2 is 2.05 bits per heavy atom. The number of rotatable bonds is 5. The van der Waals surface area contributed by atoms with Crippen LogP contribution in [0.15, 0.2) is 24.3 Å². The van der Waals surface area contributed by atoms with Crippen molar-refractivity contribution in [3.8, 4) is 0 Å². The average Bonchev–Trinajstić information content (AvgIpc) is 2.52. The quantitative estimate of drug-likeness (QED) is 0.801. The van der Waals surface area contributed by atoms with E-state index in [0.717, 1.165) is 24.1 Å².